The molecule has 1 aliphatic heterocycles. The van der Waals surface area contributed by atoms with Gasteiger partial charge in [0.1, 0.15) is 0 Å². The van der Waals surface area contributed by atoms with Gasteiger partial charge in [0, 0.05) is 6.54 Å². The van der Waals surface area contributed by atoms with E-state index in [-0.39, 0.29) is 5.54 Å². The van der Waals surface area contributed by atoms with Crippen LogP contribution in [0.1, 0.15) is 65.7 Å². The number of carbonyl (C=O) groups is 1. The molecule has 0 aromatic carbocycles. The van der Waals surface area contributed by atoms with Gasteiger partial charge in [-0.05, 0) is 37.0 Å². The molecule has 3 fully saturated rings. The second-order valence-corrected chi connectivity index (χ2v) is 7.59. The van der Waals surface area contributed by atoms with Gasteiger partial charge in [-0.25, -0.2) is 0 Å². The Morgan fingerprint density at radius 1 is 1.32 bits per heavy atom. The maximum Gasteiger partial charge on any atom is 0.244 e. The van der Waals surface area contributed by atoms with Crippen LogP contribution in [0.25, 0.3) is 0 Å². The number of rotatable bonds is 4. The summed E-state index contributed by atoms with van der Waals surface area (Å²) >= 11 is 0. The average Bonchev–Trinajstić information content (AvgIpc) is 2.74. The number of carbonyl (C=O) groups excluding carboxylic acids is 1. The van der Waals surface area contributed by atoms with Gasteiger partial charge in [0.05, 0.1) is 11.7 Å². The number of nitrogens with one attached hydrogen (secondary N) is 1. The minimum atomic E-state index is -0.182. The van der Waals surface area contributed by atoms with Gasteiger partial charge in [-0.2, -0.15) is 0 Å². The quantitative estimate of drug-likeness (QED) is 0.847. The van der Waals surface area contributed by atoms with Crippen molar-refractivity contribution in [2.45, 2.75) is 77.4 Å². The summed E-state index contributed by atoms with van der Waals surface area (Å²) in [5, 5.41) is 3.70. The van der Waals surface area contributed by atoms with E-state index in [9.17, 15) is 4.79 Å². The van der Waals surface area contributed by atoms with Crippen LogP contribution in [-0.4, -0.2) is 29.1 Å². The molecular formula is C16H28N2O. The molecule has 0 aromatic heterocycles. The third-order valence-electron chi connectivity index (χ3n) is 5.64. The van der Waals surface area contributed by atoms with Crippen LogP contribution in [0, 0.1) is 11.3 Å². The molecule has 2 atom stereocenters. The summed E-state index contributed by atoms with van der Waals surface area (Å²) in [6, 6.07) is 0. The second-order valence-electron chi connectivity index (χ2n) is 7.59. The van der Waals surface area contributed by atoms with Crippen LogP contribution in [0.3, 0.4) is 0 Å². The molecule has 19 heavy (non-hydrogen) atoms. The average molecular weight is 264 g/mol. The third-order valence-corrected chi connectivity index (χ3v) is 5.64. The zero-order valence-electron chi connectivity index (χ0n) is 12.7. The highest BCUT2D eigenvalue weighted by atomic mass is 16.2. The molecule has 3 rings (SSSR count). The Bertz CT molecular complexity index is 371. The highest BCUT2D eigenvalue weighted by Gasteiger charge is 2.55. The van der Waals surface area contributed by atoms with Crippen LogP contribution < -0.4 is 5.32 Å². The lowest BCUT2D eigenvalue weighted by atomic mass is 9.98. The van der Waals surface area contributed by atoms with Crippen LogP contribution in [0.15, 0.2) is 0 Å². The molecule has 3 aliphatic rings. The van der Waals surface area contributed by atoms with Crippen molar-refractivity contribution in [2.75, 3.05) is 6.54 Å². The Hall–Kier alpha value is -0.570. The molecule has 2 unspecified atom stereocenters. The summed E-state index contributed by atoms with van der Waals surface area (Å²) in [4.78, 5) is 15.0. The van der Waals surface area contributed by atoms with Crippen molar-refractivity contribution in [2.24, 2.45) is 11.3 Å². The van der Waals surface area contributed by atoms with E-state index in [0.29, 0.717) is 23.4 Å². The molecule has 108 valence electrons. The summed E-state index contributed by atoms with van der Waals surface area (Å²) in [6.07, 6.45) is 8.34. The van der Waals surface area contributed by atoms with Gasteiger partial charge >= 0.3 is 0 Å². The van der Waals surface area contributed by atoms with Crippen molar-refractivity contribution in [1.29, 1.82) is 0 Å². The van der Waals surface area contributed by atoms with Crippen molar-refractivity contribution >= 4 is 5.91 Å². The first kappa shape index (κ1) is 13.4. The standard InChI is InChI=1S/C16H28N2O/c1-4-7-13-17-16(8-5-6-9-16)14(19)18(13)11-12-10-15(12,2)3/h12-13,17H,4-11H2,1-3H3. The Morgan fingerprint density at radius 2 is 1.95 bits per heavy atom. The minimum Gasteiger partial charge on any atom is -0.325 e. The van der Waals surface area contributed by atoms with E-state index >= 15 is 0 Å². The molecular weight excluding hydrogens is 236 g/mol. The SMILES string of the molecule is CCCC1NC2(CCCC2)C(=O)N1CC1CC1(C)C. The topological polar surface area (TPSA) is 32.3 Å². The van der Waals surface area contributed by atoms with Crippen molar-refractivity contribution < 1.29 is 4.79 Å². The van der Waals surface area contributed by atoms with Crippen LogP contribution in [0.5, 0.6) is 0 Å². The molecule has 2 aliphatic carbocycles. The second kappa shape index (κ2) is 4.47. The minimum absolute atomic E-state index is 0.182. The van der Waals surface area contributed by atoms with Gasteiger partial charge < -0.3 is 4.90 Å². The number of hydrogen-bond donors (Lipinski definition) is 1. The van der Waals surface area contributed by atoms with Crippen molar-refractivity contribution in [3.63, 3.8) is 0 Å². The lowest BCUT2D eigenvalue weighted by molar-refractivity contribution is -0.133. The first-order valence-electron chi connectivity index (χ1n) is 8.07. The lowest BCUT2D eigenvalue weighted by Gasteiger charge is -2.24. The molecule has 1 heterocycles. The van der Waals surface area contributed by atoms with Gasteiger partial charge in [0.25, 0.3) is 0 Å². The Morgan fingerprint density at radius 3 is 2.47 bits per heavy atom. The van der Waals surface area contributed by atoms with Crippen LogP contribution in [0.2, 0.25) is 0 Å². The van der Waals surface area contributed by atoms with Gasteiger partial charge in [-0.1, -0.05) is 40.0 Å². The maximum atomic E-state index is 12.9. The smallest absolute Gasteiger partial charge is 0.244 e. The zero-order chi connectivity index (χ0) is 13.7. The van der Waals surface area contributed by atoms with Crippen molar-refractivity contribution in [3.8, 4) is 0 Å². The first-order chi connectivity index (χ1) is 8.98. The fraction of sp³-hybridized carbons (Fsp3) is 0.938. The number of amides is 1. The zero-order valence-corrected chi connectivity index (χ0v) is 12.7. The maximum absolute atomic E-state index is 12.9. The van der Waals surface area contributed by atoms with Crippen LogP contribution >= 0.6 is 0 Å². The monoisotopic (exact) mass is 264 g/mol. The number of hydrogen-bond acceptors (Lipinski definition) is 2. The Balaban J connectivity index is 1.73. The molecule has 0 bridgehead atoms. The highest BCUT2D eigenvalue weighted by molar-refractivity contribution is 5.89. The van der Waals surface area contributed by atoms with Crippen LogP contribution in [0.4, 0.5) is 0 Å². The largest absolute Gasteiger partial charge is 0.325 e. The van der Waals surface area contributed by atoms with E-state index in [4.69, 9.17) is 0 Å². The molecule has 1 saturated heterocycles. The molecule has 3 heteroatoms. The van der Waals surface area contributed by atoms with Gasteiger partial charge in [0.15, 0.2) is 0 Å². The highest BCUT2D eigenvalue weighted by Crippen LogP contribution is 2.52. The first-order valence-corrected chi connectivity index (χ1v) is 8.07. The van der Waals surface area contributed by atoms with Crippen molar-refractivity contribution in [3.05, 3.63) is 0 Å². The van der Waals surface area contributed by atoms with Gasteiger partial charge in [-0.3, -0.25) is 10.1 Å². The van der Waals surface area contributed by atoms with E-state index in [1.807, 2.05) is 0 Å². The Labute approximate surface area is 117 Å². The summed E-state index contributed by atoms with van der Waals surface area (Å²) in [6.45, 7) is 7.84. The van der Waals surface area contributed by atoms with Gasteiger partial charge in [0.2, 0.25) is 5.91 Å². The fourth-order valence-electron chi connectivity index (χ4n) is 4.05. The predicted octanol–water partition coefficient (Wildman–Crippen LogP) is 2.90. The van der Waals surface area contributed by atoms with E-state index < -0.39 is 0 Å². The summed E-state index contributed by atoms with van der Waals surface area (Å²) in [7, 11) is 0. The van der Waals surface area contributed by atoms with Crippen molar-refractivity contribution in [1.82, 2.24) is 10.2 Å². The summed E-state index contributed by atoms with van der Waals surface area (Å²) in [5.74, 6) is 1.13. The van der Waals surface area contributed by atoms with Gasteiger partial charge in [-0.15, -0.1) is 0 Å². The van der Waals surface area contributed by atoms with Crippen LogP contribution in [-0.2, 0) is 4.79 Å². The lowest BCUT2D eigenvalue weighted by Crippen LogP contribution is -2.44. The summed E-state index contributed by atoms with van der Waals surface area (Å²) < 4.78 is 0. The molecule has 1 spiro atoms. The Kier molecular flexibility index (Phi) is 3.16. The normalized spacial score (nSPS) is 35.3. The van der Waals surface area contributed by atoms with E-state index in [2.05, 4.69) is 31.0 Å². The molecule has 0 aromatic rings. The molecule has 1 N–H and O–H groups in total. The summed E-state index contributed by atoms with van der Waals surface area (Å²) in [5.41, 5.74) is 0.279. The fourth-order valence-corrected chi connectivity index (χ4v) is 4.05. The van der Waals surface area contributed by atoms with E-state index in [1.54, 1.807) is 0 Å². The predicted molar refractivity (Wildman–Crippen MR) is 76.6 cm³/mol. The molecule has 0 radical (unpaired) electrons. The third kappa shape index (κ3) is 2.20. The van der Waals surface area contributed by atoms with E-state index in [1.165, 1.54) is 19.3 Å². The number of nitrogens with zero attached hydrogens (tertiary/aromatic N) is 1. The molecule has 1 amide bonds. The molecule has 2 saturated carbocycles. The molecule has 3 nitrogen and oxygen atoms in total. The van der Waals surface area contributed by atoms with E-state index in [0.717, 1.165) is 32.2 Å².